The summed E-state index contributed by atoms with van der Waals surface area (Å²) in [4.78, 5) is 8.56. The Labute approximate surface area is 138 Å². The van der Waals surface area contributed by atoms with E-state index in [0.29, 0.717) is 16.8 Å². The molecule has 0 atom stereocenters. The summed E-state index contributed by atoms with van der Waals surface area (Å²) in [6, 6.07) is 6.53. The molecule has 0 amide bonds. The maximum absolute atomic E-state index is 12.9. The Morgan fingerprint density at radius 3 is 2.65 bits per heavy atom. The first-order chi connectivity index (χ1) is 11.1. The maximum atomic E-state index is 12.9. The zero-order valence-corrected chi connectivity index (χ0v) is 13.2. The molecule has 0 aliphatic carbocycles. The van der Waals surface area contributed by atoms with Crippen LogP contribution in [0.5, 0.6) is 0 Å². The number of anilines is 1. The van der Waals surface area contributed by atoms with Gasteiger partial charge in [0.1, 0.15) is 28.6 Å². The maximum Gasteiger partial charge on any atom is 0.146 e. The molecule has 118 valence electrons. The van der Waals surface area contributed by atoms with Gasteiger partial charge in [-0.3, -0.25) is 0 Å². The van der Waals surface area contributed by atoms with Gasteiger partial charge in [0.2, 0.25) is 0 Å². The third kappa shape index (κ3) is 3.14. The molecule has 0 aliphatic heterocycles. The van der Waals surface area contributed by atoms with Gasteiger partial charge >= 0.3 is 0 Å². The lowest BCUT2D eigenvalue weighted by Crippen LogP contribution is -2.09. The van der Waals surface area contributed by atoms with Crippen LogP contribution in [-0.4, -0.2) is 19.5 Å². The van der Waals surface area contributed by atoms with Crippen LogP contribution in [0.4, 0.5) is 10.2 Å². The normalized spacial score (nSPS) is 11.0. The van der Waals surface area contributed by atoms with E-state index in [-0.39, 0.29) is 10.8 Å². The molecule has 23 heavy (non-hydrogen) atoms. The second-order valence-electron chi connectivity index (χ2n) is 5.29. The van der Waals surface area contributed by atoms with Crippen LogP contribution in [0.15, 0.2) is 36.8 Å². The van der Waals surface area contributed by atoms with Gasteiger partial charge in [0.15, 0.2) is 0 Å². The topological polar surface area (TPSA) is 82.8 Å². The molecule has 1 aromatic carbocycles. The molecule has 3 aromatic rings. The highest BCUT2D eigenvalue weighted by molar-refractivity contribution is 7.80. The van der Waals surface area contributed by atoms with Gasteiger partial charge in [-0.2, -0.15) is 0 Å². The van der Waals surface area contributed by atoms with Crippen molar-refractivity contribution in [2.24, 2.45) is 5.73 Å². The smallest absolute Gasteiger partial charge is 0.146 e. The molecule has 0 radical (unpaired) electrons. The van der Waals surface area contributed by atoms with Crippen LogP contribution in [0.1, 0.15) is 17.5 Å². The van der Waals surface area contributed by atoms with Gasteiger partial charge < -0.3 is 16.0 Å². The Morgan fingerprint density at radius 2 is 1.96 bits per heavy atom. The molecule has 3 rings (SSSR count). The molecule has 4 N–H and O–H groups in total. The molecular weight excluding hydrogens is 313 g/mol. The van der Waals surface area contributed by atoms with Crippen molar-refractivity contribution < 1.29 is 4.39 Å². The lowest BCUT2D eigenvalue weighted by atomic mass is 10.1. The second-order valence-corrected chi connectivity index (χ2v) is 5.73. The summed E-state index contributed by atoms with van der Waals surface area (Å²) in [5.41, 5.74) is 14.2. The third-order valence-electron chi connectivity index (χ3n) is 3.73. The van der Waals surface area contributed by atoms with Crippen molar-refractivity contribution >= 4 is 34.1 Å². The fourth-order valence-corrected chi connectivity index (χ4v) is 2.76. The van der Waals surface area contributed by atoms with Crippen LogP contribution in [-0.2, 0) is 13.0 Å². The first kappa shape index (κ1) is 15.4. The highest BCUT2D eigenvalue weighted by Gasteiger charge is 2.14. The third-order valence-corrected chi connectivity index (χ3v) is 3.95. The quantitative estimate of drug-likeness (QED) is 0.703. The molecule has 7 heteroatoms. The predicted octanol–water partition coefficient (Wildman–Crippen LogP) is 2.42. The predicted molar refractivity (Wildman–Crippen MR) is 92.5 cm³/mol. The lowest BCUT2D eigenvalue weighted by Gasteiger charge is -2.05. The number of aromatic nitrogens is 3. The number of halogens is 1. The highest BCUT2D eigenvalue weighted by Crippen LogP contribution is 2.24. The van der Waals surface area contributed by atoms with E-state index in [1.165, 1.54) is 18.5 Å². The molecule has 0 unspecified atom stereocenters. The Kier molecular flexibility index (Phi) is 4.20. The zero-order valence-electron chi connectivity index (χ0n) is 12.4. The summed E-state index contributed by atoms with van der Waals surface area (Å²) in [7, 11) is 0. The van der Waals surface area contributed by atoms with E-state index >= 15 is 0 Å². The summed E-state index contributed by atoms with van der Waals surface area (Å²) < 4.78 is 14.9. The number of rotatable bonds is 5. The van der Waals surface area contributed by atoms with Gasteiger partial charge in [-0.25, -0.2) is 14.4 Å². The van der Waals surface area contributed by atoms with Crippen molar-refractivity contribution in [2.75, 3.05) is 5.73 Å². The Hall–Kier alpha value is -2.54. The summed E-state index contributed by atoms with van der Waals surface area (Å²) in [5, 5.41) is 0.696. The molecule has 0 saturated carbocycles. The van der Waals surface area contributed by atoms with Crippen LogP contribution in [0, 0.1) is 5.82 Å². The van der Waals surface area contributed by atoms with Crippen LogP contribution in [0.3, 0.4) is 0 Å². The average Bonchev–Trinajstić information content (AvgIpc) is 2.90. The number of hydrogen-bond acceptors (Lipinski definition) is 4. The molecule has 0 saturated heterocycles. The molecule has 5 nitrogen and oxygen atoms in total. The molecule has 0 spiro atoms. The number of nitrogen functional groups attached to an aromatic ring is 1. The molecular formula is C16H16FN5S. The van der Waals surface area contributed by atoms with Crippen molar-refractivity contribution in [2.45, 2.75) is 19.4 Å². The standard InChI is InChI=1S/C16H16FN5S/c17-11-5-3-10(4-6-11)2-1-7-22-8-12(15(19)23)13-14(18)20-9-21-16(13)22/h3-6,8-9H,1-2,7H2,(H2,19,23)(H2,18,20,21). The van der Waals surface area contributed by atoms with Crippen molar-refractivity contribution in [1.29, 1.82) is 0 Å². The Morgan fingerprint density at radius 1 is 1.22 bits per heavy atom. The van der Waals surface area contributed by atoms with Crippen LogP contribution in [0.25, 0.3) is 11.0 Å². The SMILES string of the molecule is NC(=S)c1cn(CCCc2ccc(F)cc2)c2ncnc(N)c12. The van der Waals surface area contributed by atoms with Crippen LogP contribution in [0.2, 0.25) is 0 Å². The first-order valence-corrected chi connectivity index (χ1v) is 7.60. The highest BCUT2D eigenvalue weighted by atomic mass is 32.1. The summed E-state index contributed by atoms with van der Waals surface area (Å²) in [6.07, 6.45) is 5.00. The van der Waals surface area contributed by atoms with Crippen molar-refractivity contribution in [1.82, 2.24) is 14.5 Å². The van der Waals surface area contributed by atoms with E-state index in [4.69, 9.17) is 23.7 Å². The number of benzene rings is 1. The molecule has 0 bridgehead atoms. The van der Waals surface area contributed by atoms with Gasteiger partial charge in [-0.15, -0.1) is 0 Å². The first-order valence-electron chi connectivity index (χ1n) is 7.20. The fraction of sp³-hybridized carbons (Fsp3) is 0.188. The van der Waals surface area contributed by atoms with E-state index in [0.717, 1.165) is 30.6 Å². The van der Waals surface area contributed by atoms with Gasteiger partial charge in [0.05, 0.1) is 5.39 Å². The van der Waals surface area contributed by atoms with Crippen LogP contribution < -0.4 is 11.5 Å². The summed E-state index contributed by atoms with van der Waals surface area (Å²) in [6.45, 7) is 0.729. The Balaban J connectivity index is 1.81. The van der Waals surface area contributed by atoms with Crippen molar-refractivity contribution in [3.05, 3.63) is 53.7 Å². The van der Waals surface area contributed by atoms with Gasteiger partial charge in [-0.05, 0) is 30.5 Å². The Bertz CT molecular complexity index is 857. The zero-order chi connectivity index (χ0) is 16.4. The fourth-order valence-electron chi connectivity index (χ4n) is 2.61. The van der Waals surface area contributed by atoms with E-state index in [1.807, 2.05) is 10.8 Å². The minimum Gasteiger partial charge on any atom is -0.389 e. The average molecular weight is 329 g/mol. The van der Waals surface area contributed by atoms with E-state index < -0.39 is 0 Å². The lowest BCUT2D eigenvalue weighted by molar-refractivity contribution is 0.624. The van der Waals surface area contributed by atoms with Gasteiger partial charge in [-0.1, -0.05) is 24.4 Å². The van der Waals surface area contributed by atoms with E-state index in [9.17, 15) is 4.39 Å². The minimum absolute atomic E-state index is 0.224. The summed E-state index contributed by atoms with van der Waals surface area (Å²) in [5.74, 6) is 0.147. The number of nitrogens with zero attached hydrogens (tertiary/aromatic N) is 3. The number of fused-ring (bicyclic) bond motifs is 1. The molecule has 2 heterocycles. The number of aryl methyl sites for hydroxylation is 2. The second kappa shape index (κ2) is 6.29. The van der Waals surface area contributed by atoms with Crippen LogP contribution >= 0.6 is 12.2 Å². The molecule has 0 aliphatic rings. The number of thiocarbonyl (C=S) groups is 1. The number of nitrogens with two attached hydrogens (primary N) is 2. The van der Waals surface area contributed by atoms with E-state index in [1.54, 1.807) is 12.1 Å². The van der Waals surface area contributed by atoms with Crippen molar-refractivity contribution in [3.63, 3.8) is 0 Å². The molecule has 0 fully saturated rings. The van der Waals surface area contributed by atoms with E-state index in [2.05, 4.69) is 9.97 Å². The monoisotopic (exact) mass is 329 g/mol. The summed E-state index contributed by atoms with van der Waals surface area (Å²) >= 11 is 5.08. The molecule has 2 aromatic heterocycles. The largest absolute Gasteiger partial charge is 0.389 e. The van der Waals surface area contributed by atoms with Crippen molar-refractivity contribution in [3.8, 4) is 0 Å². The number of hydrogen-bond donors (Lipinski definition) is 2. The minimum atomic E-state index is -0.224. The van der Waals surface area contributed by atoms with Gasteiger partial charge in [0, 0.05) is 18.3 Å². The van der Waals surface area contributed by atoms with Gasteiger partial charge in [0.25, 0.3) is 0 Å².